The van der Waals surface area contributed by atoms with Crippen LogP contribution >= 0.6 is 0 Å². The van der Waals surface area contributed by atoms with Crippen molar-refractivity contribution in [3.05, 3.63) is 108 Å². The van der Waals surface area contributed by atoms with E-state index in [-0.39, 0.29) is 0 Å². The van der Waals surface area contributed by atoms with E-state index in [0.717, 1.165) is 11.3 Å². The molecule has 0 atom stereocenters. The molecule has 2 N–H and O–H groups in total. The monoisotopic (exact) mass is 258 g/mol. The van der Waals surface area contributed by atoms with Crippen molar-refractivity contribution in [3.63, 3.8) is 0 Å². The Labute approximate surface area is 119 Å². The molecule has 0 aromatic heterocycles. The lowest BCUT2D eigenvalue weighted by atomic mass is 9.84. The summed E-state index contributed by atoms with van der Waals surface area (Å²) in [4.78, 5) is 0. The van der Waals surface area contributed by atoms with Crippen molar-refractivity contribution >= 4 is 5.69 Å². The summed E-state index contributed by atoms with van der Waals surface area (Å²) in [6, 6.07) is 28.8. The number of nitrogen functional groups attached to an aromatic ring is 1. The van der Waals surface area contributed by atoms with E-state index in [1.807, 2.05) is 30.3 Å². The molecule has 1 radical (unpaired) electrons. The second-order valence-electron chi connectivity index (χ2n) is 4.69. The van der Waals surface area contributed by atoms with Crippen LogP contribution < -0.4 is 5.73 Å². The van der Waals surface area contributed by atoms with Gasteiger partial charge in [0.05, 0.1) is 5.92 Å². The highest BCUT2D eigenvalue weighted by Crippen LogP contribution is 2.33. The van der Waals surface area contributed by atoms with Crippen LogP contribution in [0.15, 0.2) is 84.9 Å². The molecular weight excluding hydrogens is 242 g/mol. The Balaban J connectivity index is 2.17. The highest BCUT2D eigenvalue weighted by atomic mass is 14.6. The molecule has 20 heavy (non-hydrogen) atoms. The average molecular weight is 258 g/mol. The predicted molar refractivity (Wildman–Crippen MR) is 84.3 cm³/mol. The summed E-state index contributed by atoms with van der Waals surface area (Å²) in [6.07, 6.45) is 0. The first-order chi connectivity index (χ1) is 9.86. The van der Waals surface area contributed by atoms with Gasteiger partial charge >= 0.3 is 0 Å². The molecule has 0 heterocycles. The number of rotatable bonds is 3. The van der Waals surface area contributed by atoms with Crippen molar-refractivity contribution in [3.8, 4) is 0 Å². The number of para-hydroxylation sites is 1. The second kappa shape index (κ2) is 5.62. The van der Waals surface area contributed by atoms with Gasteiger partial charge in [-0.05, 0) is 22.8 Å². The lowest BCUT2D eigenvalue weighted by molar-refractivity contribution is 1.23. The van der Waals surface area contributed by atoms with Crippen LogP contribution in [0.4, 0.5) is 5.69 Å². The van der Waals surface area contributed by atoms with Gasteiger partial charge in [-0.1, -0.05) is 78.9 Å². The molecule has 0 saturated heterocycles. The second-order valence-corrected chi connectivity index (χ2v) is 4.69. The molecule has 3 aromatic rings. The van der Waals surface area contributed by atoms with Crippen molar-refractivity contribution in [2.45, 2.75) is 0 Å². The molecule has 3 rings (SSSR count). The van der Waals surface area contributed by atoms with Crippen molar-refractivity contribution in [1.82, 2.24) is 0 Å². The summed E-state index contributed by atoms with van der Waals surface area (Å²) in [5.74, 6) is 1.17. The minimum atomic E-state index is 0.801. The molecule has 0 aliphatic carbocycles. The summed E-state index contributed by atoms with van der Waals surface area (Å²) >= 11 is 0. The van der Waals surface area contributed by atoms with Crippen LogP contribution in [0.3, 0.4) is 0 Å². The average Bonchev–Trinajstić information content (AvgIpc) is 2.52. The standard InChI is InChI=1S/C19H16N/c20-18-14-8-7-13-17(18)19(15-9-3-1-4-10-15)16-11-5-2-6-12-16/h1-14H,20H2. The van der Waals surface area contributed by atoms with Gasteiger partial charge in [-0.2, -0.15) is 0 Å². The van der Waals surface area contributed by atoms with Crippen LogP contribution in [-0.2, 0) is 0 Å². The minimum absolute atomic E-state index is 0.801. The fourth-order valence-electron chi connectivity index (χ4n) is 2.41. The molecule has 0 amide bonds. The van der Waals surface area contributed by atoms with E-state index in [1.165, 1.54) is 17.0 Å². The Bertz CT molecular complexity index is 635. The molecule has 1 heteroatoms. The zero-order valence-electron chi connectivity index (χ0n) is 11.2. The van der Waals surface area contributed by atoms with E-state index in [0.29, 0.717) is 0 Å². The van der Waals surface area contributed by atoms with Gasteiger partial charge < -0.3 is 5.73 Å². The maximum atomic E-state index is 6.18. The van der Waals surface area contributed by atoms with Gasteiger partial charge in [-0.15, -0.1) is 0 Å². The SMILES string of the molecule is Nc1ccccc1[C](c1ccccc1)c1ccccc1. The zero-order valence-corrected chi connectivity index (χ0v) is 11.2. The van der Waals surface area contributed by atoms with E-state index >= 15 is 0 Å². The number of hydrogen-bond donors (Lipinski definition) is 1. The van der Waals surface area contributed by atoms with Gasteiger partial charge in [0, 0.05) is 5.69 Å². The quantitative estimate of drug-likeness (QED) is 0.550. The highest BCUT2D eigenvalue weighted by molar-refractivity contribution is 5.65. The first-order valence-electron chi connectivity index (χ1n) is 6.69. The summed E-state index contributed by atoms with van der Waals surface area (Å²) in [5, 5.41) is 0. The molecule has 0 aliphatic heterocycles. The van der Waals surface area contributed by atoms with Crippen LogP contribution in [0.1, 0.15) is 16.7 Å². The summed E-state index contributed by atoms with van der Waals surface area (Å²) in [6.45, 7) is 0. The van der Waals surface area contributed by atoms with Crippen LogP contribution in [0.2, 0.25) is 0 Å². The third-order valence-electron chi connectivity index (χ3n) is 3.36. The lowest BCUT2D eigenvalue weighted by Gasteiger charge is -2.19. The smallest absolute Gasteiger partial charge is 0.0650 e. The molecule has 3 aromatic carbocycles. The Kier molecular flexibility index (Phi) is 3.51. The Hall–Kier alpha value is -2.54. The molecule has 0 spiro atoms. The number of anilines is 1. The topological polar surface area (TPSA) is 26.0 Å². The van der Waals surface area contributed by atoms with Gasteiger partial charge in [0.2, 0.25) is 0 Å². The summed E-state index contributed by atoms with van der Waals surface area (Å²) in [5.41, 5.74) is 10.4. The third-order valence-corrected chi connectivity index (χ3v) is 3.36. The Morgan fingerprint density at radius 1 is 0.550 bits per heavy atom. The number of benzene rings is 3. The van der Waals surface area contributed by atoms with E-state index in [1.54, 1.807) is 0 Å². The molecule has 1 nitrogen and oxygen atoms in total. The van der Waals surface area contributed by atoms with Gasteiger partial charge in [-0.25, -0.2) is 0 Å². The Morgan fingerprint density at radius 2 is 1.00 bits per heavy atom. The van der Waals surface area contributed by atoms with Crippen molar-refractivity contribution in [2.24, 2.45) is 0 Å². The van der Waals surface area contributed by atoms with Gasteiger partial charge in [0.1, 0.15) is 0 Å². The van der Waals surface area contributed by atoms with Crippen molar-refractivity contribution < 1.29 is 0 Å². The number of nitrogens with two attached hydrogens (primary N) is 1. The van der Waals surface area contributed by atoms with E-state index in [2.05, 4.69) is 54.6 Å². The van der Waals surface area contributed by atoms with Gasteiger partial charge in [0.25, 0.3) is 0 Å². The fourth-order valence-corrected chi connectivity index (χ4v) is 2.41. The van der Waals surface area contributed by atoms with Crippen molar-refractivity contribution in [2.75, 3.05) is 5.73 Å². The van der Waals surface area contributed by atoms with Crippen LogP contribution in [0, 0.1) is 5.92 Å². The lowest BCUT2D eigenvalue weighted by Crippen LogP contribution is -2.07. The molecule has 0 saturated carbocycles. The van der Waals surface area contributed by atoms with Crippen LogP contribution in [0.5, 0.6) is 0 Å². The highest BCUT2D eigenvalue weighted by Gasteiger charge is 2.19. The molecule has 0 aliphatic rings. The summed E-state index contributed by atoms with van der Waals surface area (Å²) < 4.78 is 0. The van der Waals surface area contributed by atoms with Gasteiger partial charge in [-0.3, -0.25) is 0 Å². The van der Waals surface area contributed by atoms with Gasteiger partial charge in [0.15, 0.2) is 0 Å². The first kappa shape index (κ1) is 12.5. The molecule has 0 fully saturated rings. The molecular formula is C19H16N. The molecule has 0 bridgehead atoms. The maximum Gasteiger partial charge on any atom is 0.0650 e. The first-order valence-corrected chi connectivity index (χ1v) is 6.69. The van der Waals surface area contributed by atoms with E-state index in [4.69, 9.17) is 5.73 Å². The maximum absolute atomic E-state index is 6.18. The van der Waals surface area contributed by atoms with Crippen molar-refractivity contribution in [1.29, 1.82) is 0 Å². The normalized spacial score (nSPS) is 10.7. The number of hydrogen-bond acceptors (Lipinski definition) is 1. The van der Waals surface area contributed by atoms with Crippen LogP contribution in [-0.4, -0.2) is 0 Å². The predicted octanol–water partition coefficient (Wildman–Crippen LogP) is 4.29. The fraction of sp³-hybridized carbons (Fsp3) is 0. The summed E-state index contributed by atoms with van der Waals surface area (Å²) in [7, 11) is 0. The largest absolute Gasteiger partial charge is 0.398 e. The zero-order chi connectivity index (χ0) is 13.8. The minimum Gasteiger partial charge on any atom is -0.398 e. The van der Waals surface area contributed by atoms with Crippen LogP contribution in [0.25, 0.3) is 0 Å². The molecule has 0 unspecified atom stereocenters. The van der Waals surface area contributed by atoms with E-state index in [9.17, 15) is 0 Å². The Morgan fingerprint density at radius 3 is 1.50 bits per heavy atom. The molecule has 97 valence electrons. The van der Waals surface area contributed by atoms with E-state index < -0.39 is 0 Å². The third kappa shape index (κ3) is 2.43.